The quantitative estimate of drug-likeness (QED) is 0.654. The topological polar surface area (TPSA) is 90.5 Å². The maximum Gasteiger partial charge on any atom is 0.405 e. The number of hydrogen-bond acceptors (Lipinski definition) is 4. The van der Waals surface area contributed by atoms with E-state index in [1.165, 1.54) is 18.2 Å². The van der Waals surface area contributed by atoms with Gasteiger partial charge in [0.05, 0.1) is 12.1 Å². The molecule has 24 heavy (non-hydrogen) atoms. The Morgan fingerprint density at radius 1 is 1.38 bits per heavy atom. The summed E-state index contributed by atoms with van der Waals surface area (Å²) < 4.78 is 36.5. The first kappa shape index (κ1) is 18.2. The van der Waals surface area contributed by atoms with Crippen molar-refractivity contribution in [3.8, 4) is 0 Å². The predicted molar refractivity (Wildman–Crippen MR) is 80.6 cm³/mol. The molecule has 0 aromatic heterocycles. The maximum absolute atomic E-state index is 12.2. The molecule has 9 heteroatoms. The molecular weight excluding hydrogens is 327 g/mol. The molecule has 0 saturated carbocycles. The summed E-state index contributed by atoms with van der Waals surface area (Å²) >= 11 is 0. The number of halogens is 3. The zero-order chi connectivity index (χ0) is 17.9. The second-order valence-electron chi connectivity index (χ2n) is 5.67. The summed E-state index contributed by atoms with van der Waals surface area (Å²) in [5, 5.41) is 16.7. The van der Waals surface area contributed by atoms with E-state index >= 15 is 0 Å². The van der Waals surface area contributed by atoms with E-state index in [0.29, 0.717) is 17.8 Å². The summed E-state index contributed by atoms with van der Waals surface area (Å²) in [5.41, 5.74) is 1.01. The first-order chi connectivity index (χ1) is 11.2. The minimum Gasteiger partial charge on any atom is -0.392 e. The number of β-amino-alcohol motifs (C(OH)–C–C–N with tert-alkyl or cyclic N) is 1. The number of aliphatic hydroxyl groups is 1. The van der Waals surface area contributed by atoms with Gasteiger partial charge >= 0.3 is 6.18 Å². The molecule has 6 nitrogen and oxygen atoms in total. The first-order valence-corrected chi connectivity index (χ1v) is 7.33. The van der Waals surface area contributed by atoms with Crippen molar-refractivity contribution in [2.75, 3.05) is 18.4 Å². The number of rotatable bonds is 4. The molecule has 1 saturated heterocycles. The van der Waals surface area contributed by atoms with Crippen LogP contribution in [0.25, 0.3) is 0 Å². The highest BCUT2D eigenvalue weighted by atomic mass is 19.4. The molecule has 0 aliphatic carbocycles. The number of alkyl halides is 3. The van der Waals surface area contributed by atoms with E-state index in [-0.39, 0.29) is 17.9 Å². The Bertz CT molecular complexity index is 634. The third kappa shape index (κ3) is 4.93. The van der Waals surface area contributed by atoms with Crippen LogP contribution in [0.15, 0.2) is 18.2 Å². The van der Waals surface area contributed by atoms with Crippen LogP contribution in [-0.2, 0) is 4.79 Å². The van der Waals surface area contributed by atoms with Crippen LogP contribution >= 0.6 is 0 Å². The van der Waals surface area contributed by atoms with Crippen molar-refractivity contribution in [2.45, 2.75) is 31.7 Å². The number of carbonyl (C=O) groups is 2. The average Bonchev–Trinajstić information content (AvgIpc) is 2.93. The van der Waals surface area contributed by atoms with Crippen LogP contribution in [0.4, 0.5) is 18.9 Å². The summed E-state index contributed by atoms with van der Waals surface area (Å²) in [6, 6.07) is 3.69. The zero-order valence-electron chi connectivity index (χ0n) is 12.9. The third-order valence-electron chi connectivity index (χ3n) is 3.63. The normalized spacial score (nSPS) is 20.7. The van der Waals surface area contributed by atoms with Crippen molar-refractivity contribution >= 4 is 17.5 Å². The zero-order valence-corrected chi connectivity index (χ0v) is 12.9. The lowest BCUT2D eigenvalue weighted by Gasteiger charge is -2.14. The van der Waals surface area contributed by atoms with Gasteiger partial charge in [0.1, 0.15) is 6.54 Å². The minimum atomic E-state index is -4.49. The number of carbonyl (C=O) groups excluding carboxylic acids is 2. The second kappa shape index (κ2) is 7.18. The number of aryl methyl sites for hydroxylation is 1. The van der Waals surface area contributed by atoms with Gasteiger partial charge in [-0.3, -0.25) is 9.59 Å². The predicted octanol–water partition coefficient (Wildman–Crippen LogP) is 0.948. The fourth-order valence-electron chi connectivity index (χ4n) is 2.32. The molecule has 4 N–H and O–H groups in total. The molecule has 1 aromatic carbocycles. The van der Waals surface area contributed by atoms with Gasteiger partial charge in [-0.2, -0.15) is 13.2 Å². The Hall–Kier alpha value is -2.13. The molecule has 0 radical (unpaired) electrons. The lowest BCUT2D eigenvalue weighted by atomic mass is 10.1. The van der Waals surface area contributed by atoms with Crippen LogP contribution in [0.1, 0.15) is 22.3 Å². The van der Waals surface area contributed by atoms with Crippen molar-refractivity contribution < 1.29 is 27.9 Å². The van der Waals surface area contributed by atoms with E-state index in [1.54, 1.807) is 12.2 Å². The number of hydrogen-bond donors (Lipinski definition) is 4. The van der Waals surface area contributed by atoms with E-state index in [1.807, 2.05) is 0 Å². The van der Waals surface area contributed by atoms with E-state index in [4.69, 9.17) is 0 Å². The number of amides is 2. The van der Waals surface area contributed by atoms with E-state index in [2.05, 4.69) is 10.6 Å². The SMILES string of the molecule is Cc1ccc(C(=O)NCC(F)(F)F)cc1NC(=O)[C@H]1C[C@H](O)CN1. The molecule has 1 heterocycles. The van der Waals surface area contributed by atoms with Crippen LogP contribution in [-0.4, -0.2) is 48.3 Å². The Labute approximate surface area is 136 Å². The second-order valence-corrected chi connectivity index (χ2v) is 5.67. The molecule has 0 spiro atoms. The van der Waals surface area contributed by atoms with Crippen molar-refractivity contribution in [1.82, 2.24) is 10.6 Å². The largest absolute Gasteiger partial charge is 0.405 e. The monoisotopic (exact) mass is 345 g/mol. The Morgan fingerprint density at radius 2 is 2.08 bits per heavy atom. The molecule has 1 aliphatic rings. The van der Waals surface area contributed by atoms with Crippen molar-refractivity contribution in [1.29, 1.82) is 0 Å². The number of nitrogens with one attached hydrogen (secondary N) is 3. The van der Waals surface area contributed by atoms with Crippen LogP contribution in [0, 0.1) is 6.92 Å². The Kier molecular flexibility index (Phi) is 5.45. The highest BCUT2D eigenvalue weighted by molar-refractivity contribution is 5.99. The van der Waals surface area contributed by atoms with Crippen molar-refractivity contribution in [3.63, 3.8) is 0 Å². The summed E-state index contributed by atoms with van der Waals surface area (Å²) in [6.45, 7) is 0.589. The van der Waals surface area contributed by atoms with Crippen LogP contribution in [0.2, 0.25) is 0 Å². The van der Waals surface area contributed by atoms with Crippen LogP contribution in [0.3, 0.4) is 0 Å². The van der Waals surface area contributed by atoms with E-state index < -0.39 is 30.8 Å². The molecule has 132 valence electrons. The fraction of sp³-hybridized carbons (Fsp3) is 0.467. The van der Waals surface area contributed by atoms with Gasteiger partial charge in [-0.1, -0.05) is 6.07 Å². The standard InChI is InChI=1S/C15H18F3N3O3/c1-8-2-3-9(13(23)20-7-15(16,17)18)4-11(8)21-14(24)12-5-10(22)6-19-12/h2-4,10,12,19,22H,5-7H2,1H3,(H,20,23)(H,21,24)/t10-,12+/m0/s1. The number of anilines is 1. The molecule has 0 bridgehead atoms. The smallest absolute Gasteiger partial charge is 0.392 e. The maximum atomic E-state index is 12.2. The van der Waals surface area contributed by atoms with Gasteiger partial charge in [0, 0.05) is 17.8 Å². The van der Waals surface area contributed by atoms with Crippen LogP contribution < -0.4 is 16.0 Å². The van der Waals surface area contributed by atoms with Gasteiger partial charge in [-0.05, 0) is 31.0 Å². The Balaban J connectivity index is 2.05. The lowest BCUT2D eigenvalue weighted by Crippen LogP contribution is -2.36. The Morgan fingerprint density at radius 3 is 2.67 bits per heavy atom. The first-order valence-electron chi connectivity index (χ1n) is 7.33. The van der Waals surface area contributed by atoms with E-state index in [0.717, 1.165) is 0 Å². The van der Waals surface area contributed by atoms with Gasteiger partial charge in [-0.15, -0.1) is 0 Å². The summed E-state index contributed by atoms with van der Waals surface area (Å²) in [4.78, 5) is 23.9. The van der Waals surface area contributed by atoms with Gasteiger partial charge in [0.2, 0.25) is 5.91 Å². The minimum absolute atomic E-state index is 0.0135. The van der Waals surface area contributed by atoms with Gasteiger partial charge in [-0.25, -0.2) is 0 Å². The van der Waals surface area contributed by atoms with Gasteiger partial charge in [0.15, 0.2) is 0 Å². The summed E-state index contributed by atoms with van der Waals surface area (Å²) in [6.07, 6.45) is -4.82. The number of aliphatic hydroxyl groups excluding tert-OH is 1. The molecule has 2 atom stereocenters. The lowest BCUT2D eigenvalue weighted by molar-refractivity contribution is -0.123. The summed E-state index contributed by atoms with van der Waals surface area (Å²) in [7, 11) is 0. The van der Waals surface area contributed by atoms with E-state index in [9.17, 15) is 27.9 Å². The fourth-order valence-corrected chi connectivity index (χ4v) is 2.32. The molecule has 2 amide bonds. The molecule has 1 fully saturated rings. The molecule has 0 unspecified atom stereocenters. The average molecular weight is 345 g/mol. The molecule has 1 aliphatic heterocycles. The highest BCUT2D eigenvalue weighted by Gasteiger charge is 2.29. The van der Waals surface area contributed by atoms with Crippen molar-refractivity contribution in [2.24, 2.45) is 0 Å². The molecule has 2 rings (SSSR count). The summed E-state index contributed by atoms with van der Waals surface area (Å²) in [5.74, 6) is -1.25. The third-order valence-corrected chi connectivity index (χ3v) is 3.63. The highest BCUT2D eigenvalue weighted by Crippen LogP contribution is 2.19. The van der Waals surface area contributed by atoms with Gasteiger partial charge < -0.3 is 21.1 Å². The van der Waals surface area contributed by atoms with Crippen molar-refractivity contribution in [3.05, 3.63) is 29.3 Å². The van der Waals surface area contributed by atoms with Crippen LogP contribution in [0.5, 0.6) is 0 Å². The number of benzene rings is 1. The van der Waals surface area contributed by atoms with Gasteiger partial charge in [0.25, 0.3) is 5.91 Å². The molecular formula is C15H18F3N3O3. The molecule has 1 aromatic rings.